The van der Waals surface area contributed by atoms with Crippen LogP contribution in [0.2, 0.25) is 0 Å². The SMILES string of the molecule is COC(=O)CNC(=O)c1ccc(C(=O)NS(=O)(=O)c2ccc(C(=O)NCc3ccccc3)cc2)cn1. The van der Waals surface area contributed by atoms with E-state index in [1.54, 1.807) is 0 Å². The molecule has 0 aliphatic heterocycles. The van der Waals surface area contributed by atoms with Gasteiger partial charge in [-0.1, -0.05) is 30.3 Å². The van der Waals surface area contributed by atoms with Crippen LogP contribution in [0.1, 0.15) is 36.8 Å². The van der Waals surface area contributed by atoms with Crippen molar-refractivity contribution in [3.8, 4) is 0 Å². The van der Waals surface area contributed by atoms with E-state index in [0.29, 0.717) is 6.54 Å². The van der Waals surface area contributed by atoms with Crippen LogP contribution in [0.15, 0.2) is 77.8 Å². The van der Waals surface area contributed by atoms with E-state index in [4.69, 9.17) is 0 Å². The van der Waals surface area contributed by atoms with Crippen molar-refractivity contribution in [3.05, 3.63) is 95.3 Å². The summed E-state index contributed by atoms with van der Waals surface area (Å²) in [5, 5.41) is 5.03. The number of nitrogens with one attached hydrogen (secondary N) is 3. The molecule has 3 amide bonds. The molecule has 0 atom stereocenters. The predicted octanol–water partition coefficient (Wildman–Crippen LogP) is 1.03. The largest absolute Gasteiger partial charge is 0.468 e. The summed E-state index contributed by atoms with van der Waals surface area (Å²) in [6.07, 6.45) is 1.03. The number of hydrogen-bond donors (Lipinski definition) is 3. The van der Waals surface area contributed by atoms with Crippen LogP contribution in [0.3, 0.4) is 0 Å². The molecule has 1 heterocycles. The topological polar surface area (TPSA) is 161 Å². The van der Waals surface area contributed by atoms with E-state index in [9.17, 15) is 27.6 Å². The van der Waals surface area contributed by atoms with Crippen LogP contribution in [0.4, 0.5) is 0 Å². The van der Waals surface area contributed by atoms with Gasteiger partial charge >= 0.3 is 5.97 Å². The van der Waals surface area contributed by atoms with E-state index in [-0.39, 0.29) is 34.2 Å². The molecular weight excluding hydrogens is 488 g/mol. The highest BCUT2D eigenvalue weighted by Crippen LogP contribution is 2.12. The van der Waals surface area contributed by atoms with Gasteiger partial charge in [-0.3, -0.25) is 24.2 Å². The fourth-order valence-corrected chi connectivity index (χ4v) is 3.86. The Morgan fingerprint density at radius 2 is 1.47 bits per heavy atom. The summed E-state index contributed by atoms with van der Waals surface area (Å²) in [6, 6.07) is 16.8. The van der Waals surface area contributed by atoms with Crippen LogP contribution in [0, 0.1) is 0 Å². The van der Waals surface area contributed by atoms with Gasteiger partial charge in [0, 0.05) is 18.3 Å². The Morgan fingerprint density at radius 1 is 0.806 bits per heavy atom. The Morgan fingerprint density at radius 3 is 2.08 bits per heavy atom. The molecule has 0 saturated heterocycles. The molecule has 0 unspecified atom stereocenters. The average molecular weight is 511 g/mol. The maximum Gasteiger partial charge on any atom is 0.325 e. The molecule has 0 fully saturated rings. The lowest BCUT2D eigenvalue weighted by Gasteiger charge is -2.09. The second kappa shape index (κ2) is 11.7. The highest BCUT2D eigenvalue weighted by atomic mass is 32.2. The first-order valence-electron chi connectivity index (χ1n) is 10.5. The van der Waals surface area contributed by atoms with E-state index >= 15 is 0 Å². The number of pyridine rings is 1. The lowest BCUT2D eigenvalue weighted by Crippen LogP contribution is -2.32. The van der Waals surface area contributed by atoms with Crippen LogP contribution in [0.5, 0.6) is 0 Å². The van der Waals surface area contributed by atoms with E-state index in [2.05, 4.69) is 20.4 Å². The predicted molar refractivity (Wildman–Crippen MR) is 127 cm³/mol. The van der Waals surface area contributed by atoms with E-state index < -0.39 is 27.8 Å². The summed E-state index contributed by atoms with van der Waals surface area (Å²) in [5.74, 6) is -2.67. The molecule has 0 aliphatic carbocycles. The maximum atomic E-state index is 12.6. The molecule has 0 saturated carbocycles. The zero-order chi connectivity index (χ0) is 26.1. The van der Waals surface area contributed by atoms with Gasteiger partial charge in [0.2, 0.25) is 0 Å². The molecule has 3 rings (SSSR count). The zero-order valence-electron chi connectivity index (χ0n) is 19.1. The van der Waals surface area contributed by atoms with Crippen LogP contribution in [0.25, 0.3) is 0 Å². The van der Waals surface area contributed by atoms with Gasteiger partial charge in [0.15, 0.2) is 0 Å². The van der Waals surface area contributed by atoms with E-state index in [0.717, 1.165) is 11.8 Å². The smallest absolute Gasteiger partial charge is 0.325 e. The average Bonchev–Trinajstić information content (AvgIpc) is 2.90. The van der Waals surface area contributed by atoms with Crippen LogP contribution >= 0.6 is 0 Å². The minimum absolute atomic E-state index is 0.0839. The Kier molecular flexibility index (Phi) is 8.47. The number of carbonyl (C=O) groups excluding carboxylic acids is 4. The monoisotopic (exact) mass is 510 g/mol. The Balaban J connectivity index is 1.59. The number of ether oxygens (including phenoxy) is 1. The number of rotatable bonds is 9. The standard InChI is InChI=1S/C24H22N4O7S/c1-35-21(29)15-27-24(32)20-12-9-18(14-25-20)23(31)28-36(33,34)19-10-7-17(8-11-19)22(30)26-13-16-5-3-2-4-6-16/h2-12,14H,13,15H2,1H3,(H,26,30)(H,27,32)(H,28,31). The fourth-order valence-electron chi connectivity index (χ4n) is 2.88. The molecule has 11 nitrogen and oxygen atoms in total. The first-order valence-corrected chi connectivity index (χ1v) is 12.0. The Labute approximate surface area is 206 Å². The van der Waals surface area contributed by atoms with Gasteiger partial charge in [-0.05, 0) is 42.0 Å². The van der Waals surface area contributed by atoms with Gasteiger partial charge in [-0.2, -0.15) is 0 Å². The van der Waals surface area contributed by atoms with Crippen molar-refractivity contribution >= 4 is 33.7 Å². The molecule has 36 heavy (non-hydrogen) atoms. The van der Waals surface area contributed by atoms with Crippen molar-refractivity contribution in [2.24, 2.45) is 0 Å². The molecule has 3 aromatic rings. The minimum Gasteiger partial charge on any atom is -0.468 e. The summed E-state index contributed by atoms with van der Waals surface area (Å²) < 4.78 is 31.5. The number of hydrogen-bond acceptors (Lipinski definition) is 8. The molecule has 0 bridgehead atoms. The van der Waals surface area contributed by atoms with Gasteiger partial charge in [0.05, 0.1) is 17.6 Å². The maximum absolute atomic E-state index is 12.6. The molecule has 0 spiro atoms. The number of benzene rings is 2. The number of amides is 3. The van der Waals surface area contributed by atoms with Gasteiger partial charge in [-0.25, -0.2) is 13.1 Å². The molecule has 186 valence electrons. The van der Waals surface area contributed by atoms with Gasteiger partial charge in [0.25, 0.3) is 27.7 Å². The Hall–Kier alpha value is -4.58. The highest BCUT2D eigenvalue weighted by Gasteiger charge is 2.20. The van der Waals surface area contributed by atoms with Crippen LogP contribution < -0.4 is 15.4 Å². The molecule has 0 radical (unpaired) electrons. The molecule has 1 aromatic heterocycles. The summed E-state index contributed by atoms with van der Waals surface area (Å²) in [7, 11) is -3.07. The highest BCUT2D eigenvalue weighted by molar-refractivity contribution is 7.90. The first kappa shape index (κ1) is 26.0. The third-order valence-corrected chi connectivity index (χ3v) is 6.18. The van der Waals surface area contributed by atoms with Crippen LogP contribution in [-0.4, -0.2) is 50.7 Å². The van der Waals surface area contributed by atoms with Crippen molar-refractivity contribution in [3.63, 3.8) is 0 Å². The number of esters is 1. The third-order valence-electron chi connectivity index (χ3n) is 4.83. The Bertz CT molecular complexity index is 1360. The lowest BCUT2D eigenvalue weighted by molar-refractivity contribution is -0.139. The number of methoxy groups -OCH3 is 1. The van der Waals surface area contributed by atoms with Gasteiger partial charge in [-0.15, -0.1) is 0 Å². The summed E-state index contributed by atoms with van der Waals surface area (Å²) in [5.41, 5.74) is 0.970. The fraction of sp³-hybridized carbons (Fsp3) is 0.125. The summed E-state index contributed by atoms with van der Waals surface area (Å²) in [4.78, 5) is 51.3. The molecule has 3 N–H and O–H groups in total. The quantitative estimate of drug-likeness (QED) is 0.360. The molecular formula is C24H22N4O7S. The second-order valence-corrected chi connectivity index (χ2v) is 9.00. The van der Waals surface area contributed by atoms with Crippen molar-refractivity contribution in [2.45, 2.75) is 11.4 Å². The van der Waals surface area contributed by atoms with Crippen molar-refractivity contribution in [1.82, 2.24) is 20.3 Å². The number of aromatic nitrogens is 1. The number of nitrogens with zero attached hydrogens (tertiary/aromatic N) is 1. The summed E-state index contributed by atoms with van der Waals surface area (Å²) in [6.45, 7) is -0.0412. The van der Waals surface area contributed by atoms with Crippen LogP contribution in [-0.2, 0) is 26.1 Å². The van der Waals surface area contributed by atoms with Crippen molar-refractivity contribution < 1.29 is 32.3 Å². The number of carbonyl (C=O) groups is 4. The summed E-state index contributed by atoms with van der Waals surface area (Å²) >= 11 is 0. The van der Waals surface area contributed by atoms with E-state index in [1.165, 1.54) is 43.5 Å². The van der Waals surface area contributed by atoms with Crippen molar-refractivity contribution in [1.29, 1.82) is 0 Å². The van der Waals surface area contributed by atoms with Gasteiger partial charge in [0.1, 0.15) is 12.2 Å². The number of sulfonamides is 1. The third kappa shape index (κ3) is 6.96. The second-order valence-electron chi connectivity index (χ2n) is 7.32. The normalized spacial score (nSPS) is 10.7. The minimum atomic E-state index is -4.24. The van der Waals surface area contributed by atoms with Gasteiger partial charge < -0.3 is 15.4 Å². The zero-order valence-corrected chi connectivity index (χ0v) is 19.9. The van der Waals surface area contributed by atoms with E-state index in [1.807, 2.05) is 35.1 Å². The lowest BCUT2D eigenvalue weighted by atomic mass is 10.2. The molecule has 12 heteroatoms. The first-order chi connectivity index (χ1) is 17.2. The molecule has 0 aliphatic rings. The van der Waals surface area contributed by atoms with Crippen molar-refractivity contribution in [2.75, 3.05) is 13.7 Å². The molecule has 2 aromatic carbocycles.